The van der Waals surface area contributed by atoms with Gasteiger partial charge < -0.3 is 4.74 Å². The number of hydrogen-bond donors (Lipinski definition) is 0. The maximum atomic E-state index is 12.6. The quantitative estimate of drug-likeness (QED) is 0.212. The number of amides is 2. The van der Waals surface area contributed by atoms with E-state index in [-0.39, 0.29) is 59.0 Å². The molecule has 0 N–H and O–H groups in total. The van der Waals surface area contributed by atoms with Crippen LogP contribution in [0.5, 0.6) is 0 Å². The van der Waals surface area contributed by atoms with Gasteiger partial charge in [-0.2, -0.15) is 0 Å². The Morgan fingerprint density at radius 2 is 1.80 bits per heavy atom. The van der Waals surface area contributed by atoms with E-state index >= 15 is 0 Å². The number of nitrogens with zero attached hydrogens (tertiary/aromatic N) is 2. The van der Waals surface area contributed by atoms with Gasteiger partial charge in [0.05, 0.1) is 23.2 Å². The van der Waals surface area contributed by atoms with Crippen molar-refractivity contribution in [2.45, 2.75) is 25.7 Å². The minimum Gasteiger partial charge on any atom is -0.457 e. The van der Waals surface area contributed by atoms with Gasteiger partial charge in [-0.15, -0.1) is 0 Å². The van der Waals surface area contributed by atoms with Crippen LogP contribution in [0.15, 0.2) is 18.2 Å². The lowest BCUT2D eigenvalue weighted by molar-refractivity contribution is -0.384. The van der Waals surface area contributed by atoms with Crippen LogP contribution in [-0.2, 0) is 19.1 Å². The number of hydrogen-bond acceptors (Lipinski definition) is 7. The lowest BCUT2D eigenvalue weighted by atomic mass is 9.81. The van der Waals surface area contributed by atoms with Gasteiger partial charge >= 0.3 is 5.97 Å². The molecule has 4 atom stereocenters. The summed E-state index contributed by atoms with van der Waals surface area (Å²) in [7, 11) is 0. The van der Waals surface area contributed by atoms with Crippen LogP contribution in [0.3, 0.4) is 0 Å². The van der Waals surface area contributed by atoms with Gasteiger partial charge in [0.15, 0.2) is 6.61 Å². The van der Waals surface area contributed by atoms with Crippen LogP contribution < -0.4 is 0 Å². The number of rotatable bonds is 7. The molecule has 10 heteroatoms. The number of nitro benzene ring substituents is 1. The predicted molar refractivity (Wildman–Crippen MR) is 103 cm³/mol. The molecule has 0 unspecified atom stereocenters. The smallest absolute Gasteiger partial charge is 0.308 e. The van der Waals surface area contributed by atoms with E-state index in [4.69, 9.17) is 16.3 Å². The first-order valence-electron chi connectivity index (χ1n) is 9.76. The number of ketones is 1. The Hall–Kier alpha value is -2.81. The third-order valence-corrected chi connectivity index (χ3v) is 6.71. The van der Waals surface area contributed by atoms with E-state index in [1.165, 1.54) is 12.1 Å². The molecular formula is C20H19ClN2O7. The SMILES string of the molecule is O=C(CCN1C(=O)[C@@H]2[C@@H]3CC[C@@H](C3)[C@@H]2C1=O)OCC(=O)c1ccc(Cl)c([N+](=O)[O-])c1. The molecule has 1 aromatic rings. The topological polar surface area (TPSA) is 124 Å². The third-order valence-electron chi connectivity index (χ3n) is 6.39. The number of carbonyl (C=O) groups excluding carboxylic acids is 4. The van der Waals surface area contributed by atoms with Crippen molar-refractivity contribution in [3.05, 3.63) is 38.9 Å². The Kier molecular flexibility index (Phi) is 5.31. The van der Waals surface area contributed by atoms with Gasteiger partial charge in [-0.3, -0.25) is 34.2 Å². The molecule has 1 saturated heterocycles. The Labute approximate surface area is 176 Å². The average Bonchev–Trinajstić information content (AvgIpc) is 3.39. The van der Waals surface area contributed by atoms with E-state index in [1.54, 1.807) is 0 Å². The van der Waals surface area contributed by atoms with Crippen molar-refractivity contribution >= 4 is 40.9 Å². The number of Topliss-reactive ketones (excluding diaryl/α,β-unsaturated/α-hetero) is 1. The number of carbonyl (C=O) groups is 4. The molecule has 2 bridgehead atoms. The van der Waals surface area contributed by atoms with Gasteiger partial charge in [0.1, 0.15) is 5.02 Å². The van der Waals surface area contributed by atoms with E-state index < -0.39 is 29.0 Å². The number of likely N-dealkylation sites (tertiary alicyclic amines) is 1. The van der Waals surface area contributed by atoms with Gasteiger partial charge in [0.25, 0.3) is 5.69 Å². The lowest BCUT2D eigenvalue weighted by Gasteiger charge is -2.19. The molecule has 4 rings (SSSR count). The summed E-state index contributed by atoms with van der Waals surface area (Å²) in [6.45, 7) is -0.668. The number of ether oxygens (including phenoxy) is 1. The first-order chi connectivity index (χ1) is 14.3. The number of benzene rings is 1. The summed E-state index contributed by atoms with van der Waals surface area (Å²) in [6, 6.07) is 3.55. The predicted octanol–water partition coefficient (Wildman–Crippen LogP) is 2.40. The van der Waals surface area contributed by atoms with Crippen LogP contribution in [0.2, 0.25) is 5.02 Å². The Morgan fingerprint density at radius 3 is 2.40 bits per heavy atom. The van der Waals surface area contributed by atoms with Gasteiger partial charge in [-0.25, -0.2) is 0 Å². The molecule has 30 heavy (non-hydrogen) atoms. The highest BCUT2D eigenvalue weighted by Gasteiger charge is 2.60. The summed E-state index contributed by atoms with van der Waals surface area (Å²) < 4.78 is 4.93. The van der Waals surface area contributed by atoms with Gasteiger partial charge in [-0.05, 0) is 43.2 Å². The summed E-state index contributed by atoms with van der Waals surface area (Å²) in [6.07, 6.45) is 2.69. The van der Waals surface area contributed by atoms with E-state index in [9.17, 15) is 29.3 Å². The van der Waals surface area contributed by atoms with Crippen LogP contribution in [-0.4, -0.2) is 46.5 Å². The molecule has 3 aliphatic rings. The molecule has 0 spiro atoms. The largest absolute Gasteiger partial charge is 0.457 e. The van der Waals surface area contributed by atoms with E-state index in [0.717, 1.165) is 30.2 Å². The normalized spacial score (nSPS) is 26.8. The first-order valence-corrected chi connectivity index (χ1v) is 10.1. The Bertz CT molecular complexity index is 934. The van der Waals surface area contributed by atoms with Crippen LogP contribution >= 0.6 is 11.6 Å². The molecule has 1 aromatic carbocycles. The average molecular weight is 435 g/mol. The summed E-state index contributed by atoms with van der Waals surface area (Å²) in [5.74, 6) is -1.69. The zero-order chi connectivity index (χ0) is 21.6. The van der Waals surface area contributed by atoms with Crippen LogP contribution in [0.25, 0.3) is 0 Å². The fraction of sp³-hybridized carbons (Fsp3) is 0.500. The second kappa shape index (κ2) is 7.79. The third kappa shape index (κ3) is 3.47. The zero-order valence-corrected chi connectivity index (χ0v) is 16.7. The highest BCUT2D eigenvalue weighted by molar-refractivity contribution is 6.32. The van der Waals surface area contributed by atoms with E-state index in [0.29, 0.717) is 0 Å². The summed E-state index contributed by atoms with van der Waals surface area (Å²) in [5, 5.41) is 10.8. The molecule has 9 nitrogen and oxygen atoms in total. The molecule has 0 radical (unpaired) electrons. The van der Waals surface area contributed by atoms with Crippen molar-refractivity contribution in [1.82, 2.24) is 4.90 Å². The summed E-state index contributed by atoms with van der Waals surface area (Å²) >= 11 is 5.71. The maximum absolute atomic E-state index is 12.6. The molecule has 1 heterocycles. The lowest BCUT2D eigenvalue weighted by Crippen LogP contribution is -2.35. The molecule has 0 aromatic heterocycles. The molecule has 3 fully saturated rings. The monoisotopic (exact) mass is 434 g/mol. The molecule has 2 aliphatic carbocycles. The van der Waals surface area contributed by atoms with Gasteiger partial charge in [0.2, 0.25) is 17.6 Å². The highest BCUT2D eigenvalue weighted by atomic mass is 35.5. The van der Waals surface area contributed by atoms with Crippen molar-refractivity contribution in [3.63, 3.8) is 0 Å². The number of halogens is 1. The number of fused-ring (bicyclic) bond motifs is 5. The minimum absolute atomic E-state index is 0.00732. The summed E-state index contributed by atoms with van der Waals surface area (Å²) in [4.78, 5) is 60.7. The number of esters is 1. The zero-order valence-electron chi connectivity index (χ0n) is 15.9. The molecule has 1 aliphatic heterocycles. The second-order valence-corrected chi connectivity index (χ2v) is 8.38. The fourth-order valence-electron chi connectivity index (χ4n) is 5.02. The second-order valence-electron chi connectivity index (χ2n) is 7.97. The van der Waals surface area contributed by atoms with Crippen LogP contribution in [0.4, 0.5) is 5.69 Å². The standard InChI is InChI=1S/C20H19ClN2O7/c21-13-4-3-10(8-14(13)23(28)29)15(24)9-30-16(25)5-6-22-19(26)17-11-1-2-12(7-11)18(17)20(22)27/h3-4,8,11-12,17-18H,1-2,5-7,9H2/t11-,12+,17-,18+. The molecule has 2 amide bonds. The highest BCUT2D eigenvalue weighted by Crippen LogP contribution is 2.56. The summed E-state index contributed by atoms with van der Waals surface area (Å²) in [5.41, 5.74) is -0.425. The van der Waals surface area contributed by atoms with E-state index in [1.807, 2.05) is 0 Å². The minimum atomic E-state index is -0.729. The van der Waals surface area contributed by atoms with Crippen molar-refractivity contribution in [3.8, 4) is 0 Å². The van der Waals surface area contributed by atoms with Gasteiger partial charge in [0, 0.05) is 18.2 Å². The van der Waals surface area contributed by atoms with Crippen molar-refractivity contribution < 1.29 is 28.8 Å². The van der Waals surface area contributed by atoms with Crippen molar-refractivity contribution in [2.24, 2.45) is 23.7 Å². The molecule has 158 valence electrons. The van der Waals surface area contributed by atoms with Crippen molar-refractivity contribution in [2.75, 3.05) is 13.2 Å². The number of imide groups is 1. The van der Waals surface area contributed by atoms with Crippen molar-refractivity contribution in [1.29, 1.82) is 0 Å². The fourth-order valence-corrected chi connectivity index (χ4v) is 5.21. The Morgan fingerprint density at radius 1 is 1.17 bits per heavy atom. The molecular weight excluding hydrogens is 416 g/mol. The van der Waals surface area contributed by atoms with E-state index in [2.05, 4.69) is 0 Å². The number of nitro groups is 1. The molecule has 2 saturated carbocycles. The van der Waals surface area contributed by atoms with Gasteiger partial charge in [-0.1, -0.05) is 11.6 Å². The maximum Gasteiger partial charge on any atom is 0.308 e. The first kappa shape index (κ1) is 20.5. The van der Waals surface area contributed by atoms with Crippen LogP contribution in [0, 0.1) is 33.8 Å². The Balaban J connectivity index is 1.29. The van der Waals surface area contributed by atoms with Crippen LogP contribution in [0.1, 0.15) is 36.0 Å².